The summed E-state index contributed by atoms with van der Waals surface area (Å²) in [5, 5.41) is 15.6. The van der Waals surface area contributed by atoms with Crippen LogP contribution in [0.2, 0.25) is 10.0 Å². The van der Waals surface area contributed by atoms with Crippen LogP contribution in [0.3, 0.4) is 0 Å². The van der Waals surface area contributed by atoms with Crippen molar-refractivity contribution in [2.75, 3.05) is 5.43 Å². The smallest absolute Gasteiger partial charge is 0.260 e. The maximum atomic E-state index is 10.7. The molecule has 108 valence electrons. The Labute approximate surface area is 130 Å². The molecule has 0 saturated carbocycles. The van der Waals surface area contributed by atoms with Crippen molar-refractivity contribution in [3.63, 3.8) is 0 Å². The number of rotatable bonds is 4. The van der Waals surface area contributed by atoms with Crippen LogP contribution in [0, 0.1) is 10.1 Å². The van der Waals surface area contributed by atoms with Crippen LogP contribution in [0.15, 0.2) is 41.6 Å². The number of aromatic nitrogens is 1. The van der Waals surface area contributed by atoms with E-state index >= 15 is 0 Å². The normalized spacial score (nSPS) is 11.3. The predicted octanol–water partition coefficient (Wildman–Crippen LogP) is 4.13. The van der Waals surface area contributed by atoms with Gasteiger partial charge < -0.3 is 0 Å². The monoisotopic (exact) mass is 324 g/mol. The number of hydrazone groups is 1. The van der Waals surface area contributed by atoms with Gasteiger partial charge in [0, 0.05) is 23.9 Å². The number of non-ortho nitro benzene ring substituents is 1. The molecule has 0 aliphatic heterocycles. The summed E-state index contributed by atoms with van der Waals surface area (Å²) in [4.78, 5) is 14.3. The summed E-state index contributed by atoms with van der Waals surface area (Å²) in [7, 11) is 0. The number of halogens is 2. The van der Waals surface area contributed by atoms with E-state index in [1.807, 2.05) is 0 Å². The van der Waals surface area contributed by atoms with Gasteiger partial charge in [-0.2, -0.15) is 5.10 Å². The third kappa shape index (κ3) is 3.90. The molecule has 0 saturated heterocycles. The van der Waals surface area contributed by atoms with E-state index in [9.17, 15) is 10.1 Å². The first-order valence-corrected chi connectivity index (χ1v) is 6.59. The molecule has 6 nitrogen and oxygen atoms in total. The van der Waals surface area contributed by atoms with Gasteiger partial charge in [0.2, 0.25) is 0 Å². The van der Waals surface area contributed by atoms with E-state index in [0.29, 0.717) is 27.1 Å². The van der Waals surface area contributed by atoms with Crippen LogP contribution in [0.1, 0.15) is 12.5 Å². The van der Waals surface area contributed by atoms with Gasteiger partial charge in [0.1, 0.15) is 0 Å². The summed E-state index contributed by atoms with van der Waals surface area (Å²) in [5.74, 6) is 0.353. The third-order valence-electron chi connectivity index (χ3n) is 2.61. The fourth-order valence-corrected chi connectivity index (χ4v) is 1.97. The van der Waals surface area contributed by atoms with Gasteiger partial charge >= 0.3 is 0 Å². The molecular formula is C13H10Cl2N4O2. The van der Waals surface area contributed by atoms with Crippen LogP contribution in [-0.2, 0) is 0 Å². The number of pyridine rings is 1. The highest BCUT2D eigenvalue weighted by Crippen LogP contribution is 2.22. The van der Waals surface area contributed by atoms with Gasteiger partial charge in [-0.3, -0.25) is 15.5 Å². The van der Waals surface area contributed by atoms with Crippen molar-refractivity contribution in [2.24, 2.45) is 5.10 Å². The van der Waals surface area contributed by atoms with Crippen molar-refractivity contribution in [1.82, 2.24) is 4.98 Å². The minimum absolute atomic E-state index is 0.00435. The van der Waals surface area contributed by atoms with Crippen LogP contribution in [-0.4, -0.2) is 15.6 Å². The highest BCUT2D eigenvalue weighted by atomic mass is 35.5. The Morgan fingerprint density at radius 2 is 2.14 bits per heavy atom. The zero-order valence-electron chi connectivity index (χ0n) is 10.9. The molecule has 0 aliphatic carbocycles. The minimum atomic E-state index is -0.457. The molecule has 1 aromatic carbocycles. The van der Waals surface area contributed by atoms with Crippen LogP contribution in [0.25, 0.3) is 0 Å². The molecule has 2 aromatic rings. The second kappa shape index (κ2) is 6.51. The van der Waals surface area contributed by atoms with E-state index in [1.165, 1.54) is 24.4 Å². The van der Waals surface area contributed by atoms with Crippen molar-refractivity contribution >= 4 is 40.4 Å². The largest absolute Gasteiger partial charge is 0.270 e. The second-order valence-electron chi connectivity index (χ2n) is 4.10. The van der Waals surface area contributed by atoms with Crippen molar-refractivity contribution in [1.29, 1.82) is 0 Å². The van der Waals surface area contributed by atoms with Crippen molar-refractivity contribution in [3.8, 4) is 0 Å². The van der Waals surface area contributed by atoms with E-state index in [1.54, 1.807) is 19.1 Å². The van der Waals surface area contributed by atoms with Crippen molar-refractivity contribution in [2.45, 2.75) is 6.92 Å². The third-order valence-corrected chi connectivity index (χ3v) is 3.11. The van der Waals surface area contributed by atoms with Crippen molar-refractivity contribution < 1.29 is 4.92 Å². The lowest BCUT2D eigenvalue weighted by atomic mass is 10.1. The molecular weight excluding hydrogens is 315 g/mol. The summed E-state index contributed by atoms with van der Waals surface area (Å²) >= 11 is 11.7. The van der Waals surface area contributed by atoms with E-state index in [0.717, 1.165) is 0 Å². The standard InChI is InChI=1S/C13H10Cl2N4O2/c1-8(9-3-2-4-11(5-9)19(20)21)17-18-13-12(15)6-10(14)7-16-13/h2-7H,1H3,(H,16,18)/b17-8-. The molecule has 0 fully saturated rings. The Morgan fingerprint density at radius 1 is 1.38 bits per heavy atom. The molecule has 21 heavy (non-hydrogen) atoms. The Bertz CT molecular complexity index is 719. The predicted molar refractivity (Wildman–Crippen MR) is 83.2 cm³/mol. The van der Waals surface area contributed by atoms with Gasteiger partial charge in [0.25, 0.3) is 5.69 Å². The van der Waals surface area contributed by atoms with Crippen LogP contribution < -0.4 is 5.43 Å². The zero-order valence-corrected chi connectivity index (χ0v) is 12.4. The summed E-state index contributed by atoms with van der Waals surface area (Å²) in [6, 6.07) is 7.72. The number of hydrogen-bond acceptors (Lipinski definition) is 5. The summed E-state index contributed by atoms with van der Waals surface area (Å²) in [6.07, 6.45) is 1.44. The van der Waals surface area contributed by atoms with Gasteiger partial charge in [-0.05, 0) is 13.0 Å². The molecule has 1 N–H and O–H groups in total. The Hall–Kier alpha value is -2.18. The fourth-order valence-electron chi connectivity index (χ4n) is 1.54. The first kappa shape index (κ1) is 15.2. The highest BCUT2D eigenvalue weighted by Gasteiger charge is 2.08. The molecule has 0 amide bonds. The number of nitro benzene ring substituents is 1. The lowest BCUT2D eigenvalue weighted by Gasteiger charge is -2.05. The van der Waals surface area contributed by atoms with Gasteiger partial charge in [-0.25, -0.2) is 4.98 Å². The second-order valence-corrected chi connectivity index (χ2v) is 4.94. The highest BCUT2D eigenvalue weighted by molar-refractivity contribution is 6.35. The van der Waals surface area contributed by atoms with Gasteiger partial charge in [0.05, 0.1) is 20.7 Å². The lowest BCUT2D eigenvalue weighted by Crippen LogP contribution is -2.02. The quantitative estimate of drug-likeness (QED) is 0.520. The average Bonchev–Trinajstić information content (AvgIpc) is 2.46. The molecule has 0 radical (unpaired) electrons. The minimum Gasteiger partial charge on any atom is -0.260 e. The number of nitrogens with zero attached hydrogens (tertiary/aromatic N) is 3. The summed E-state index contributed by atoms with van der Waals surface area (Å²) in [5.41, 5.74) is 3.90. The number of benzene rings is 1. The van der Waals surface area contributed by atoms with Gasteiger partial charge in [0.15, 0.2) is 5.82 Å². The van der Waals surface area contributed by atoms with Gasteiger partial charge in [-0.15, -0.1) is 0 Å². The maximum absolute atomic E-state index is 10.7. The molecule has 1 aromatic heterocycles. The maximum Gasteiger partial charge on any atom is 0.270 e. The van der Waals surface area contributed by atoms with Gasteiger partial charge in [-0.1, -0.05) is 35.3 Å². The lowest BCUT2D eigenvalue weighted by molar-refractivity contribution is -0.384. The number of anilines is 1. The van der Waals surface area contributed by atoms with E-state index in [2.05, 4.69) is 15.5 Å². The summed E-state index contributed by atoms with van der Waals surface area (Å²) < 4.78 is 0. The average molecular weight is 325 g/mol. The van der Waals surface area contributed by atoms with Crippen LogP contribution >= 0.6 is 23.2 Å². The van der Waals surface area contributed by atoms with Crippen LogP contribution in [0.5, 0.6) is 0 Å². The molecule has 0 unspecified atom stereocenters. The van der Waals surface area contributed by atoms with E-state index in [4.69, 9.17) is 23.2 Å². The SMILES string of the molecule is C/C(=N/Nc1ncc(Cl)cc1Cl)c1cccc([N+](=O)[O-])c1. The Kier molecular flexibility index (Phi) is 4.72. The van der Waals surface area contributed by atoms with E-state index in [-0.39, 0.29) is 5.69 Å². The molecule has 0 bridgehead atoms. The molecule has 0 atom stereocenters. The fraction of sp³-hybridized carbons (Fsp3) is 0.0769. The zero-order chi connectivity index (χ0) is 15.4. The molecule has 1 heterocycles. The number of nitrogens with one attached hydrogen (secondary N) is 1. The molecule has 2 rings (SSSR count). The molecule has 0 aliphatic rings. The topological polar surface area (TPSA) is 80.4 Å². The first-order valence-electron chi connectivity index (χ1n) is 5.83. The number of hydrogen-bond donors (Lipinski definition) is 1. The summed E-state index contributed by atoms with van der Waals surface area (Å²) in [6.45, 7) is 1.72. The van der Waals surface area contributed by atoms with Crippen molar-refractivity contribution in [3.05, 3.63) is 62.3 Å². The molecule has 8 heteroatoms. The number of nitro groups is 1. The first-order chi connectivity index (χ1) is 9.97. The Balaban J connectivity index is 2.21. The Morgan fingerprint density at radius 3 is 2.81 bits per heavy atom. The van der Waals surface area contributed by atoms with Crippen LogP contribution in [0.4, 0.5) is 11.5 Å². The molecule has 0 spiro atoms. The van der Waals surface area contributed by atoms with E-state index < -0.39 is 4.92 Å².